The Bertz CT molecular complexity index is 790. The third kappa shape index (κ3) is 6.42. The minimum absolute atomic E-state index is 0.132. The molecule has 2 amide bonds. The number of nitrogens with zero attached hydrogens (tertiary/aromatic N) is 1. The molecule has 0 aliphatic heterocycles. The van der Waals surface area contributed by atoms with Crippen LogP contribution in [0.3, 0.4) is 0 Å². The van der Waals surface area contributed by atoms with Crippen LogP contribution in [0.5, 0.6) is 5.75 Å². The van der Waals surface area contributed by atoms with Gasteiger partial charge in [-0.1, -0.05) is 24.3 Å². The summed E-state index contributed by atoms with van der Waals surface area (Å²) in [4.78, 5) is 26.0. The van der Waals surface area contributed by atoms with Crippen molar-refractivity contribution in [2.24, 2.45) is 0 Å². The molecule has 0 saturated heterocycles. The summed E-state index contributed by atoms with van der Waals surface area (Å²) in [5, 5.41) is 5.74. The largest absolute Gasteiger partial charge is 0.491 e. The molecule has 2 N–H and O–H groups in total. The molecule has 0 aliphatic carbocycles. The van der Waals surface area contributed by atoms with E-state index in [2.05, 4.69) is 10.6 Å². The van der Waals surface area contributed by atoms with Crippen molar-refractivity contribution in [3.05, 3.63) is 59.7 Å². The molecule has 144 valence electrons. The highest BCUT2D eigenvalue weighted by atomic mass is 16.5. The molecule has 6 heteroatoms. The normalized spacial score (nSPS) is 11.7. The Morgan fingerprint density at radius 3 is 2.56 bits per heavy atom. The molecule has 0 fully saturated rings. The lowest BCUT2D eigenvalue weighted by Crippen LogP contribution is -2.27. The van der Waals surface area contributed by atoms with Crippen molar-refractivity contribution in [2.75, 3.05) is 32.6 Å². The Labute approximate surface area is 160 Å². The summed E-state index contributed by atoms with van der Waals surface area (Å²) >= 11 is 0. The second-order valence-electron chi connectivity index (χ2n) is 6.65. The molecule has 6 nitrogen and oxygen atoms in total. The molecule has 0 spiro atoms. The maximum atomic E-state index is 12.7. The van der Waals surface area contributed by atoms with Gasteiger partial charge in [0.1, 0.15) is 12.4 Å². The SMILES string of the molecule is CC(=O)Nc1cccc(C(C)NC(=O)c2ccccc2OCCN(C)C)c1. The molecule has 2 aromatic carbocycles. The van der Waals surface area contributed by atoms with Crippen LogP contribution in [-0.2, 0) is 4.79 Å². The van der Waals surface area contributed by atoms with E-state index in [1.165, 1.54) is 6.92 Å². The Morgan fingerprint density at radius 1 is 1.11 bits per heavy atom. The Hall–Kier alpha value is -2.86. The van der Waals surface area contributed by atoms with Gasteiger partial charge in [0.05, 0.1) is 11.6 Å². The summed E-state index contributed by atoms with van der Waals surface area (Å²) in [6.45, 7) is 4.64. The summed E-state index contributed by atoms with van der Waals surface area (Å²) in [5.74, 6) is 0.233. The second kappa shape index (κ2) is 9.73. The number of carbonyl (C=O) groups excluding carboxylic acids is 2. The van der Waals surface area contributed by atoms with Crippen molar-refractivity contribution >= 4 is 17.5 Å². The summed E-state index contributed by atoms with van der Waals surface area (Å²) < 4.78 is 5.77. The molecule has 2 rings (SSSR count). The van der Waals surface area contributed by atoms with E-state index in [1.54, 1.807) is 12.1 Å². The zero-order valence-electron chi connectivity index (χ0n) is 16.3. The Balaban J connectivity index is 2.07. The molecule has 0 aliphatic rings. The standard InChI is InChI=1S/C21H27N3O3/c1-15(17-8-7-9-18(14-17)23-16(2)25)22-21(26)19-10-5-6-11-20(19)27-13-12-24(3)4/h5-11,14-15H,12-13H2,1-4H3,(H,22,26)(H,23,25). The highest BCUT2D eigenvalue weighted by Crippen LogP contribution is 2.21. The van der Waals surface area contributed by atoms with Gasteiger partial charge in [0.25, 0.3) is 5.91 Å². The quantitative estimate of drug-likeness (QED) is 0.750. The van der Waals surface area contributed by atoms with Gasteiger partial charge in [0.2, 0.25) is 5.91 Å². The van der Waals surface area contributed by atoms with E-state index in [4.69, 9.17) is 4.74 Å². The van der Waals surface area contributed by atoms with Gasteiger partial charge in [0, 0.05) is 19.2 Å². The molecule has 1 atom stereocenters. The summed E-state index contributed by atoms with van der Waals surface area (Å²) in [6.07, 6.45) is 0. The molecular formula is C21H27N3O3. The third-order valence-corrected chi connectivity index (χ3v) is 3.98. The fraction of sp³-hybridized carbons (Fsp3) is 0.333. The molecule has 0 bridgehead atoms. The number of para-hydroxylation sites is 1. The van der Waals surface area contributed by atoms with Gasteiger partial charge < -0.3 is 20.3 Å². The number of anilines is 1. The number of rotatable bonds is 8. The number of likely N-dealkylation sites (N-methyl/N-ethyl adjacent to an activating group) is 1. The van der Waals surface area contributed by atoms with Crippen LogP contribution in [0, 0.1) is 0 Å². The molecule has 0 heterocycles. The maximum Gasteiger partial charge on any atom is 0.255 e. The first kappa shape index (κ1) is 20.5. The number of hydrogen-bond donors (Lipinski definition) is 2. The van der Waals surface area contributed by atoms with Gasteiger partial charge in [-0.15, -0.1) is 0 Å². The average Bonchev–Trinajstić information content (AvgIpc) is 2.61. The van der Waals surface area contributed by atoms with Gasteiger partial charge in [0.15, 0.2) is 0 Å². The van der Waals surface area contributed by atoms with Crippen LogP contribution in [0.2, 0.25) is 0 Å². The molecule has 1 unspecified atom stereocenters. The van der Waals surface area contributed by atoms with Crippen LogP contribution in [0.1, 0.15) is 35.8 Å². The van der Waals surface area contributed by atoms with Crippen LogP contribution >= 0.6 is 0 Å². The first-order valence-corrected chi connectivity index (χ1v) is 8.92. The lowest BCUT2D eigenvalue weighted by molar-refractivity contribution is -0.114. The number of amides is 2. The van der Waals surface area contributed by atoms with Crippen LogP contribution in [0.4, 0.5) is 5.69 Å². The Morgan fingerprint density at radius 2 is 1.85 bits per heavy atom. The number of ether oxygens (including phenoxy) is 1. The highest BCUT2D eigenvalue weighted by Gasteiger charge is 2.16. The van der Waals surface area contributed by atoms with E-state index < -0.39 is 0 Å². The van der Waals surface area contributed by atoms with E-state index >= 15 is 0 Å². The van der Waals surface area contributed by atoms with E-state index in [1.807, 2.05) is 62.3 Å². The smallest absolute Gasteiger partial charge is 0.255 e. The zero-order chi connectivity index (χ0) is 19.8. The molecule has 27 heavy (non-hydrogen) atoms. The van der Waals surface area contributed by atoms with Crippen molar-refractivity contribution in [2.45, 2.75) is 19.9 Å². The second-order valence-corrected chi connectivity index (χ2v) is 6.65. The van der Waals surface area contributed by atoms with Crippen LogP contribution in [0.25, 0.3) is 0 Å². The van der Waals surface area contributed by atoms with Crippen molar-refractivity contribution < 1.29 is 14.3 Å². The van der Waals surface area contributed by atoms with Gasteiger partial charge in [-0.3, -0.25) is 9.59 Å². The van der Waals surface area contributed by atoms with Gasteiger partial charge in [-0.2, -0.15) is 0 Å². The summed E-state index contributed by atoms with van der Waals surface area (Å²) in [7, 11) is 3.94. The number of benzene rings is 2. The predicted octanol–water partition coefficient (Wildman–Crippen LogP) is 3.08. The topological polar surface area (TPSA) is 70.7 Å². The molecule has 2 aromatic rings. The lowest BCUT2D eigenvalue weighted by atomic mass is 10.1. The zero-order valence-corrected chi connectivity index (χ0v) is 16.3. The monoisotopic (exact) mass is 369 g/mol. The van der Waals surface area contributed by atoms with Crippen LogP contribution < -0.4 is 15.4 Å². The first-order chi connectivity index (χ1) is 12.9. The van der Waals surface area contributed by atoms with Crippen LogP contribution in [-0.4, -0.2) is 44.0 Å². The number of carbonyl (C=O) groups is 2. The van der Waals surface area contributed by atoms with Gasteiger partial charge >= 0.3 is 0 Å². The van der Waals surface area contributed by atoms with E-state index in [9.17, 15) is 9.59 Å². The molecule has 0 radical (unpaired) electrons. The minimum Gasteiger partial charge on any atom is -0.491 e. The van der Waals surface area contributed by atoms with E-state index in [0.29, 0.717) is 23.6 Å². The van der Waals surface area contributed by atoms with Crippen LogP contribution in [0.15, 0.2) is 48.5 Å². The van der Waals surface area contributed by atoms with E-state index in [-0.39, 0.29) is 17.9 Å². The van der Waals surface area contributed by atoms with Crippen molar-refractivity contribution in [3.63, 3.8) is 0 Å². The van der Waals surface area contributed by atoms with Crippen molar-refractivity contribution in [3.8, 4) is 5.75 Å². The lowest BCUT2D eigenvalue weighted by Gasteiger charge is -2.18. The number of hydrogen-bond acceptors (Lipinski definition) is 4. The van der Waals surface area contributed by atoms with Crippen molar-refractivity contribution in [1.82, 2.24) is 10.2 Å². The molecular weight excluding hydrogens is 342 g/mol. The average molecular weight is 369 g/mol. The fourth-order valence-electron chi connectivity index (χ4n) is 2.57. The van der Waals surface area contributed by atoms with Gasteiger partial charge in [-0.25, -0.2) is 0 Å². The highest BCUT2D eigenvalue weighted by molar-refractivity contribution is 5.97. The number of nitrogens with one attached hydrogen (secondary N) is 2. The van der Waals surface area contributed by atoms with E-state index in [0.717, 1.165) is 12.1 Å². The Kier molecular flexibility index (Phi) is 7.37. The maximum absolute atomic E-state index is 12.7. The minimum atomic E-state index is -0.221. The third-order valence-electron chi connectivity index (χ3n) is 3.98. The summed E-state index contributed by atoms with van der Waals surface area (Å²) in [5.41, 5.74) is 2.11. The van der Waals surface area contributed by atoms with Gasteiger partial charge in [-0.05, 0) is 50.8 Å². The first-order valence-electron chi connectivity index (χ1n) is 8.92. The fourth-order valence-corrected chi connectivity index (χ4v) is 2.57. The molecule has 0 saturated carbocycles. The summed E-state index contributed by atoms with van der Waals surface area (Å²) in [6, 6.07) is 14.4. The van der Waals surface area contributed by atoms with Crippen molar-refractivity contribution in [1.29, 1.82) is 0 Å². The molecule has 0 aromatic heterocycles. The predicted molar refractivity (Wildman–Crippen MR) is 107 cm³/mol.